The highest BCUT2D eigenvalue weighted by Crippen LogP contribution is 2.77. The third-order valence-corrected chi connectivity index (χ3v) is 10.1. The Hall–Kier alpha value is -1.20. The minimum absolute atomic E-state index is 0.0467. The topological polar surface area (TPSA) is 61.8 Å². The first kappa shape index (κ1) is 19.5. The molecule has 0 aromatic rings. The van der Waals surface area contributed by atoms with Crippen molar-refractivity contribution in [2.75, 3.05) is 13.2 Å². The van der Waals surface area contributed by atoms with E-state index in [1.54, 1.807) is 0 Å². The lowest BCUT2D eigenvalue weighted by Gasteiger charge is -2.55. The minimum atomic E-state index is -0.433. The van der Waals surface area contributed by atoms with Crippen LogP contribution in [0.3, 0.4) is 0 Å². The molecule has 0 amide bonds. The number of fused-ring (bicyclic) bond motifs is 4. The van der Waals surface area contributed by atoms with Crippen molar-refractivity contribution in [1.29, 1.82) is 0 Å². The molecule has 6 rings (SSSR count). The summed E-state index contributed by atoms with van der Waals surface area (Å²) in [6.45, 7) is 7.25. The van der Waals surface area contributed by atoms with E-state index in [1.807, 2.05) is 6.92 Å². The van der Waals surface area contributed by atoms with Crippen LogP contribution in [0.25, 0.3) is 0 Å². The van der Waals surface area contributed by atoms with E-state index in [2.05, 4.69) is 13.0 Å². The molecule has 0 bridgehead atoms. The number of carbonyl (C=O) groups excluding carboxylic acids is 2. The van der Waals surface area contributed by atoms with Gasteiger partial charge in [0.25, 0.3) is 0 Å². The molecule has 0 radical (unpaired) electrons. The molecule has 4 saturated carbocycles. The van der Waals surface area contributed by atoms with Crippen LogP contribution in [-0.4, -0.2) is 36.9 Å². The highest BCUT2D eigenvalue weighted by molar-refractivity contribution is 5.90. The van der Waals surface area contributed by atoms with E-state index in [0.29, 0.717) is 36.8 Å². The average molecular weight is 415 g/mol. The average Bonchev–Trinajstić information content (AvgIpc) is 3.08. The summed E-state index contributed by atoms with van der Waals surface area (Å²) in [4.78, 5) is 25.5. The first-order valence-corrected chi connectivity index (χ1v) is 12.0. The van der Waals surface area contributed by atoms with Crippen molar-refractivity contribution in [2.45, 2.75) is 77.6 Å². The zero-order valence-electron chi connectivity index (χ0n) is 18.4. The van der Waals surface area contributed by atoms with Crippen molar-refractivity contribution >= 4 is 11.8 Å². The van der Waals surface area contributed by atoms with E-state index in [4.69, 9.17) is 14.2 Å². The lowest BCUT2D eigenvalue weighted by molar-refractivity contribution is -0.185. The second kappa shape index (κ2) is 6.19. The van der Waals surface area contributed by atoms with E-state index in [9.17, 15) is 9.59 Å². The van der Waals surface area contributed by atoms with Gasteiger partial charge in [0.15, 0.2) is 5.79 Å². The molecule has 5 fully saturated rings. The summed E-state index contributed by atoms with van der Waals surface area (Å²) in [6.07, 6.45) is 9.34. The minimum Gasteiger partial charge on any atom is -0.463 e. The van der Waals surface area contributed by atoms with E-state index >= 15 is 0 Å². The number of hydrogen-bond acceptors (Lipinski definition) is 5. The molecular weight excluding hydrogens is 380 g/mol. The van der Waals surface area contributed by atoms with Crippen LogP contribution in [0, 0.1) is 40.4 Å². The van der Waals surface area contributed by atoms with Crippen molar-refractivity contribution in [3.05, 3.63) is 11.6 Å². The maximum Gasteiger partial charge on any atom is 0.302 e. The lowest BCUT2D eigenvalue weighted by Crippen LogP contribution is -2.54. The van der Waals surface area contributed by atoms with Crippen molar-refractivity contribution in [3.63, 3.8) is 0 Å². The lowest BCUT2D eigenvalue weighted by atomic mass is 9.49. The van der Waals surface area contributed by atoms with Gasteiger partial charge in [-0.1, -0.05) is 18.6 Å². The molecule has 5 heteroatoms. The Morgan fingerprint density at radius 1 is 1.23 bits per heavy atom. The van der Waals surface area contributed by atoms with Gasteiger partial charge in [-0.25, -0.2) is 0 Å². The molecule has 1 aliphatic heterocycles. The summed E-state index contributed by atoms with van der Waals surface area (Å²) in [7, 11) is 0. The third kappa shape index (κ3) is 2.37. The standard InChI is InChI=1S/C25H34O5/c1-14(30-15(2)26)18-6-7-19-17-5-4-16-12-24(28-10-11-29-24)9-8-23(16,3)21(17)22(27)20-13-25(18,19)20/h4,14,17-21H,5-13H2,1-3H3/t14?,17-,18+,19-,20+,21+,23-,25+/m0/s1. The number of hydrogen-bond donors (Lipinski definition) is 0. The first-order valence-electron chi connectivity index (χ1n) is 12.0. The van der Waals surface area contributed by atoms with Gasteiger partial charge in [-0.3, -0.25) is 9.59 Å². The van der Waals surface area contributed by atoms with Crippen LogP contribution < -0.4 is 0 Å². The van der Waals surface area contributed by atoms with Crippen LogP contribution in [0.4, 0.5) is 0 Å². The summed E-state index contributed by atoms with van der Waals surface area (Å²) in [5, 5.41) is 0. The number of esters is 1. The molecular formula is C25H34O5. The second-order valence-corrected chi connectivity index (χ2v) is 11.2. The van der Waals surface area contributed by atoms with Crippen LogP contribution in [-0.2, 0) is 23.8 Å². The molecule has 0 aromatic heterocycles. The Morgan fingerprint density at radius 3 is 2.73 bits per heavy atom. The van der Waals surface area contributed by atoms with Gasteiger partial charge >= 0.3 is 5.97 Å². The number of ketones is 1. The molecule has 0 N–H and O–H groups in total. The largest absolute Gasteiger partial charge is 0.463 e. The number of Topliss-reactive ketones (excluding diaryl/α,β-unsaturated/α-hetero) is 1. The van der Waals surface area contributed by atoms with E-state index in [-0.39, 0.29) is 34.7 Å². The fourth-order valence-electron chi connectivity index (χ4n) is 8.90. The van der Waals surface area contributed by atoms with Crippen LogP contribution in [0.1, 0.15) is 65.7 Å². The molecule has 1 heterocycles. The molecule has 1 saturated heterocycles. The van der Waals surface area contributed by atoms with Gasteiger partial charge in [0.05, 0.1) is 13.2 Å². The van der Waals surface area contributed by atoms with E-state index in [1.165, 1.54) is 18.9 Å². The van der Waals surface area contributed by atoms with Gasteiger partial charge in [0.2, 0.25) is 0 Å². The molecule has 2 spiro atoms. The summed E-state index contributed by atoms with van der Waals surface area (Å²) in [5.74, 6) is 1.58. The predicted molar refractivity (Wildman–Crippen MR) is 109 cm³/mol. The molecule has 30 heavy (non-hydrogen) atoms. The van der Waals surface area contributed by atoms with Gasteiger partial charge in [-0.2, -0.15) is 0 Å². The SMILES string of the molecule is CC(=O)OC(C)[C@H]1CC[C@H]2[C@@H]3CC=C4CC5(CC[C@]4(C)[C@H]3C(=O)[C@H]3C[C@@]312)OCCO5. The molecule has 8 atom stereocenters. The van der Waals surface area contributed by atoms with Gasteiger partial charge in [0, 0.05) is 37.5 Å². The van der Waals surface area contributed by atoms with Crippen molar-refractivity contribution in [1.82, 2.24) is 0 Å². The fourth-order valence-corrected chi connectivity index (χ4v) is 8.90. The Balaban J connectivity index is 1.31. The normalized spacial score (nSPS) is 48.8. The predicted octanol–water partition coefficient (Wildman–Crippen LogP) is 4.05. The fraction of sp³-hybridized carbons (Fsp3) is 0.840. The highest BCUT2D eigenvalue weighted by atomic mass is 16.7. The molecule has 6 aliphatic rings. The number of ether oxygens (including phenoxy) is 3. The maximum atomic E-state index is 13.9. The molecule has 0 aromatic carbocycles. The molecule has 1 unspecified atom stereocenters. The Bertz CT molecular complexity index is 825. The zero-order chi connectivity index (χ0) is 20.9. The van der Waals surface area contributed by atoms with Crippen molar-refractivity contribution in [3.8, 4) is 0 Å². The molecule has 5 aliphatic carbocycles. The quantitative estimate of drug-likeness (QED) is 0.504. The zero-order valence-corrected chi connectivity index (χ0v) is 18.4. The van der Waals surface area contributed by atoms with Crippen molar-refractivity contribution in [2.24, 2.45) is 40.4 Å². The maximum absolute atomic E-state index is 13.9. The summed E-state index contributed by atoms with van der Waals surface area (Å²) >= 11 is 0. The van der Waals surface area contributed by atoms with E-state index in [0.717, 1.165) is 38.5 Å². The van der Waals surface area contributed by atoms with Crippen molar-refractivity contribution < 1.29 is 23.8 Å². The van der Waals surface area contributed by atoms with Gasteiger partial charge in [0.1, 0.15) is 11.9 Å². The summed E-state index contributed by atoms with van der Waals surface area (Å²) in [6, 6.07) is 0. The summed E-state index contributed by atoms with van der Waals surface area (Å²) in [5.41, 5.74) is 1.46. The monoisotopic (exact) mass is 414 g/mol. The Morgan fingerprint density at radius 2 is 2.00 bits per heavy atom. The summed E-state index contributed by atoms with van der Waals surface area (Å²) < 4.78 is 17.7. The van der Waals surface area contributed by atoms with Gasteiger partial charge in [-0.15, -0.1) is 0 Å². The number of allylic oxidation sites excluding steroid dienone is 1. The molecule has 5 nitrogen and oxygen atoms in total. The van der Waals surface area contributed by atoms with Crippen LogP contribution >= 0.6 is 0 Å². The Kier molecular flexibility index (Phi) is 4.02. The van der Waals surface area contributed by atoms with Crippen LogP contribution in [0.5, 0.6) is 0 Å². The number of rotatable bonds is 2. The van der Waals surface area contributed by atoms with Gasteiger partial charge in [-0.05, 0) is 61.7 Å². The highest BCUT2D eigenvalue weighted by Gasteiger charge is 2.76. The van der Waals surface area contributed by atoms with Gasteiger partial charge < -0.3 is 14.2 Å². The smallest absolute Gasteiger partial charge is 0.302 e. The van der Waals surface area contributed by atoms with E-state index < -0.39 is 5.79 Å². The van der Waals surface area contributed by atoms with Crippen LogP contribution in [0.15, 0.2) is 11.6 Å². The Labute approximate surface area is 178 Å². The number of carbonyl (C=O) groups is 2. The van der Waals surface area contributed by atoms with Crippen LogP contribution in [0.2, 0.25) is 0 Å². The second-order valence-electron chi connectivity index (χ2n) is 11.2. The third-order valence-electron chi connectivity index (χ3n) is 10.1. The first-order chi connectivity index (χ1) is 14.3. The molecule has 164 valence electrons.